The van der Waals surface area contributed by atoms with E-state index in [2.05, 4.69) is 0 Å². The standard InChI is InChI=1S/C12H14ClF2NO3/c1-8(11(18)16-6-12(14,15)7-17)19-10-5-3-2-4-9(10)13/h2-5,8,17H,6-7H2,1H3,(H,16,18). The molecule has 1 unspecified atom stereocenters. The van der Waals surface area contributed by atoms with Crippen molar-refractivity contribution in [2.45, 2.75) is 19.0 Å². The molecule has 0 aliphatic carbocycles. The second-order valence-electron chi connectivity index (χ2n) is 3.92. The minimum atomic E-state index is -3.35. The van der Waals surface area contributed by atoms with Crippen LogP contribution in [0.25, 0.3) is 0 Å². The van der Waals surface area contributed by atoms with Gasteiger partial charge in [0.15, 0.2) is 6.10 Å². The van der Waals surface area contributed by atoms with Gasteiger partial charge in [-0.05, 0) is 19.1 Å². The summed E-state index contributed by atoms with van der Waals surface area (Å²) in [5.74, 6) is -3.77. The van der Waals surface area contributed by atoms with E-state index in [-0.39, 0.29) is 0 Å². The Morgan fingerprint density at radius 1 is 1.53 bits per heavy atom. The van der Waals surface area contributed by atoms with E-state index >= 15 is 0 Å². The Hall–Kier alpha value is -1.40. The third kappa shape index (κ3) is 5.00. The molecule has 0 bridgehead atoms. The van der Waals surface area contributed by atoms with Crippen LogP contribution in [0, 0.1) is 0 Å². The third-order valence-corrected chi connectivity index (χ3v) is 2.57. The van der Waals surface area contributed by atoms with Gasteiger partial charge in [-0.15, -0.1) is 0 Å². The highest BCUT2D eigenvalue weighted by Gasteiger charge is 2.29. The molecule has 0 aliphatic heterocycles. The molecule has 0 saturated heterocycles. The number of aliphatic hydroxyl groups is 1. The maximum Gasteiger partial charge on any atom is 0.287 e. The fourth-order valence-corrected chi connectivity index (χ4v) is 1.38. The molecule has 1 amide bonds. The molecule has 0 radical (unpaired) electrons. The van der Waals surface area contributed by atoms with E-state index in [1.54, 1.807) is 24.3 Å². The molecule has 1 aromatic carbocycles. The molecule has 0 heterocycles. The van der Waals surface area contributed by atoms with Crippen LogP contribution in [-0.2, 0) is 4.79 Å². The van der Waals surface area contributed by atoms with E-state index in [1.807, 2.05) is 5.32 Å². The number of hydrogen-bond acceptors (Lipinski definition) is 3. The predicted octanol–water partition coefficient (Wildman–Crippen LogP) is 1.85. The van der Waals surface area contributed by atoms with Gasteiger partial charge in [0.05, 0.1) is 11.6 Å². The quantitative estimate of drug-likeness (QED) is 0.841. The molecule has 0 fully saturated rings. The number of carbonyl (C=O) groups excluding carboxylic acids is 1. The SMILES string of the molecule is CC(Oc1ccccc1Cl)C(=O)NCC(F)(F)CO. The summed E-state index contributed by atoms with van der Waals surface area (Å²) >= 11 is 5.84. The van der Waals surface area contributed by atoms with E-state index in [0.717, 1.165) is 0 Å². The van der Waals surface area contributed by atoms with Crippen LogP contribution in [0.2, 0.25) is 5.02 Å². The summed E-state index contributed by atoms with van der Waals surface area (Å²) in [6, 6.07) is 6.52. The van der Waals surface area contributed by atoms with Crippen LogP contribution in [0.15, 0.2) is 24.3 Å². The Kier molecular flexibility index (Phi) is 5.50. The number of benzene rings is 1. The molecule has 1 rings (SSSR count). The van der Waals surface area contributed by atoms with Crippen molar-refractivity contribution in [3.8, 4) is 5.75 Å². The Balaban J connectivity index is 2.52. The molecule has 1 aromatic rings. The van der Waals surface area contributed by atoms with Crippen LogP contribution < -0.4 is 10.1 Å². The molecule has 4 nitrogen and oxygen atoms in total. The number of ether oxygens (including phenoxy) is 1. The number of aliphatic hydroxyl groups excluding tert-OH is 1. The summed E-state index contributed by atoms with van der Waals surface area (Å²) in [6.45, 7) is -0.860. The van der Waals surface area contributed by atoms with Crippen LogP contribution in [0.1, 0.15) is 6.92 Å². The number of hydrogen-bond donors (Lipinski definition) is 2. The Morgan fingerprint density at radius 2 is 2.16 bits per heavy atom. The van der Waals surface area contributed by atoms with Gasteiger partial charge in [0.2, 0.25) is 0 Å². The van der Waals surface area contributed by atoms with Crippen LogP contribution in [0.3, 0.4) is 0 Å². The lowest BCUT2D eigenvalue weighted by Gasteiger charge is -2.18. The zero-order valence-corrected chi connectivity index (χ0v) is 11.0. The van der Waals surface area contributed by atoms with Crippen molar-refractivity contribution in [2.75, 3.05) is 13.2 Å². The average molecular weight is 294 g/mol. The van der Waals surface area contributed by atoms with Gasteiger partial charge in [-0.25, -0.2) is 8.78 Å². The first-order chi connectivity index (χ1) is 8.85. The van der Waals surface area contributed by atoms with Crippen LogP contribution in [0.4, 0.5) is 8.78 Å². The van der Waals surface area contributed by atoms with Gasteiger partial charge in [-0.1, -0.05) is 23.7 Å². The van der Waals surface area contributed by atoms with E-state index < -0.39 is 31.1 Å². The van der Waals surface area contributed by atoms with E-state index in [4.69, 9.17) is 21.4 Å². The molecular formula is C12H14ClF2NO3. The number of halogens is 3. The summed E-state index contributed by atoms with van der Waals surface area (Å²) in [6.07, 6.45) is -0.977. The van der Waals surface area contributed by atoms with Gasteiger partial charge in [0.25, 0.3) is 11.8 Å². The van der Waals surface area contributed by atoms with Gasteiger partial charge < -0.3 is 15.2 Å². The number of nitrogens with one attached hydrogen (secondary N) is 1. The largest absolute Gasteiger partial charge is 0.479 e. The lowest BCUT2D eigenvalue weighted by atomic mass is 10.3. The average Bonchev–Trinajstić information content (AvgIpc) is 2.38. The molecule has 2 N–H and O–H groups in total. The first-order valence-electron chi connectivity index (χ1n) is 5.53. The number of amides is 1. The highest BCUT2D eigenvalue weighted by atomic mass is 35.5. The molecule has 106 valence electrons. The monoisotopic (exact) mass is 293 g/mol. The summed E-state index contributed by atoms with van der Waals surface area (Å²) in [4.78, 5) is 11.5. The minimum Gasteiger partial charge on any atom is -0.479 e. The lowest BCUT2D eigenvalue weighted by molar-refractivity contribution is -0.130. The molecule has 1 atom stereocenters. The first-order valence-corrected chi connectivity index (χ1v) is 5.91. The van der Waals surface area contributed by atoms with Crippen molar-refractivity contribution < 1.29 is 23.4 Å². The van der Waals surface area contributed by atoms with Crippen molar-refractivity contribution in [2.24, 2.45) is 0 Å². The van der Waals surface area contributed by atoms with Crippen molar-refractivity contribution in [1.82, 2.24) is 5.32 Å². The Labute approximate surface area is 114 Å². The van der Waals surface area contributed by atoms with Crippen molar-refractivity contribution in [3.63, 3.8) is 0 Å². The van der Waals surface area contributed by atoms with Gasteiger partial charge in [0.1, 0.15) is 12.4 Å². The summed E-state index contributed by atoms with van der Waals surface area (Å²) < 4.78 is 30.7. The highest BCUT2D eigenvalue weighted by molar-refractivity contribution is 6.32. The fourth-order valence-electron chi connectivity index (χ4n) is 1.20. The zero-order chi connectivity index (χ0) is 14.5. The number of para-hydroxylation sites is 1. The maximum atomic E-state index is 12.7. The van der Waals surface area contributed by atoms with Gasteiger partial charge in [-0.3, -0.25) is 4.79 Å². The normalized spacial score (nSPS) is 12.9. The Morgan fingerprint density at radius 3 is 2.74 bits per heavy atom. The van der Waals surface area contributed by atoms with Crippen LogP contribution in [-0.4, -0.2) is 36.2 Å². The van der Waals surface area contributed by atoms with Crippen molar-refractivity contribution in [1.29, 1.82) is 0 Å². The van der Waals surface area contributed by atoms with E-state index in [1.165, 1.54) is 6.92 Å². The topological polar surface area (TPSA) is 58.6 Å². The second kappa shape index (κ2) is 6.68. The smallest absolute Gasteiger partial charge is 0.287 e. The Bertz CT molecular complexity index is 443. The molecule has 19 heavy (non-hydrogen) atoms. The number of alkyl halides is 2. The van der Waals surface area contributed by atoms with Crippen LogP contribution >= 0.6 is 11.6 Å². The summed E-state index contributed by atoms with van der Waals surface area (Å²) in [7, 11) is 0. The molecule has 7 heteroatoms. The molecule has 0 saturated carbocycles. The summed E-state index contributed by atoms with van der Waals surface area (Å²) in [5, 5.41) is 10.7. The van der Waals surface area contributed by atoms with E-state index in [0.29, 0.717) is 10.8 Å². The first kappa shape index (κ1) is 15.7. The van der Waals surface area contributed by atoms with Gasteiger partial charge >= 0.3 is 0 Å². The molecule has 0 spiro atoms. The molecule has 0 aromatic heterocycles. The number of carbonyl (C=O) groups is 1. The van der Waals surface area contributed by atoms with E-state index in [9.17, 15) is 13.6 Å². The third-order valence-electron chi connectivity index (χ3n) is 2.26. The van der Waals surface area contributed by atoms with Gasteiger partial charge in [0, 0.05) is 0 Å². The van der Waals surface area contributed by atoms with Crippen molar-refractivity contribution >= 4 is 17.5 Å². The van der Waals surface area contributed by atoms with Crippen molar-refractivity contribution in [3.05, 3.63) is 29.3 Å². The lowest BCUT2D eigenvalue weighted by Crippen LogP contribution is -2.44. The second-order valence-corrected chi connectivity index (χ2v) is 4.33. The maximum absolute atomic E-state index is 12.7. The molecule has 0 aliphatic rings. The highest BCUT2D eigenvalue weighted by Crippen LogP contribution is 2.24. The molecular weight excluding hydrogens is 280 g/mol. The predicted molar refractivity (Wildman–Crippen MR) is 66.6 cm³/mol. The number of rotatable bonds is 6. The minimum absolute atomic E-state index is 0.292. The van der Waals surface area contributed by atoms with Gasteiger partial charge in [-0.2, -0.15) is 0 Å². The summed E-state index contributed by atoms with van der Waals surface area (Å²) in [5.41, 5.74) is 0. The van der Waals surface area contributed by atoms with Crippen LogP contribution in [0.5, 0.6) is 5.75 Å². The zero-order valence-electron chi connectivity index (χ0n) is 10.2. The fraction of sp³-hybridized carbons (Fsp3) is 0.417.